The monoisotopic (exact) mass is 414 g/mol. The van der Waals surface area contributed by atoms with Crippen LogP contribution in [0.3, 0.4) is 0 Å². The van der Waals surface area contributed by atoms with E-state index in [4.69, 9.17) is 11.2 Å². The van der Waals surface area contributed by atoms with Crippen molar-refractivity contribution in [3.63, 3.8) is 0 Å². The molecule has 1 aromatic heterocycles. The van der Waals surface area contributed by atoms with Crippen molar-refractivity contribution in [3.05, 3.63) is 22.1 Å². The standard InChI is InChI=1S/C22H30N4O4/c1-6-7-23-20(29)21-11-22(12-21,13-21)24-17(27)9-26-18(28)8-16(30-10-14(2)3)19(25-26)15(4)5/h1,8,14-15H,7,9-13H2,2-5H3,(H,23,29)(H,24,27). The van der Waals surface area contributed by atoms with E-state index in [-0.39, 0.29) is 41.9 Å². The van der Waals surface area contributed by atoms with Gasteiger partial charge in [0.15, 0.2) is 0 Å². The van der Waals surface area contributed by atoms with Gasteiger partial charge in [0.1, 0.15) is 18.0 Å². The molecule has 3 aliphatic rings. The summed E-state index contributed by atoms with van der Waals surface area (Å²) in [5, 5.41) is 10.1. The molecule has 0 saturated heterocycles. The minimum Gasteiger partial charge on any atom is -0.491 e. The van der Waals surface area contributed by atoms with E-state index >= 15 is 0 Å². The van der Waals surface area contributed by atoms with E-state index in [0.717, 1.165) is 0 Å². The molecule has 2 amide bonds. The van der Waals surface area contributed by atoms with E-state index in [2.05, 4.69) is 21.7 Å². The van der Waals surface area contributed by atoms with Gasteiger partial charge in [-0.3, -0.25) is 14.4 Å². The fourth-order valence-electron chi connectivity index (χ4n) is 4.33. The van der Waals surface area contributed by atoms with Crippen molar-refractivity contribution in [3.8, 4) is 18.1 Å². The summed E-state index contributed by atoms with van der Waals surface area (Å²) in [7, 11) is 0. The van der Waals surface area contributed by atoms with Crippen LogP contribution in [0.5, 0.6) is 5.75 Å². The molecule has 3 saturated carbocycles. The first-order valence-electron chi connectivity index (χ1n) is 10.4. The van der Waals surface area contributed by atoms with Gasteiger partial charge < -0.3 is 15.4 Å². The number of ether oxygens (including phenoxy) is 1. The van der Waals surface area contributed by atoms with E-state index < -0.39 is 5.41 Å². The molecule has 3 fully saturated rings. The minimum absolute atomic E-state index is 0.0427. The Morgan fingerprint density at radius 1 is 1.30 bits per heavy atom. The average Bonchev–Trinajstić information content (AvgIpc) is 2.61. The van der Waals surface area contributed by atoms with Crippen LogP contribution < -0.4 is 20.9 Å². The third kappa shape index (κ3) is 4.20. The Morgan fingerprint density at radius 2 is 1.97 bits per heavy atom. The van der Waals surface area contributed by atoms with Crippen LogP contribution in [0.1, 0.15) is 58.6 Å². The van der Waals surface area contributed by atoms with E-state index in [0.29, 0.717) is 43.2 Å². The van der Waals surface area contributed by atoms with Crippen molar-refractivity contribution in [2.24, 2.45) is 11.3 Å². The maximum Gasteiger partial charge on any atom is 0.270 e. The van der Waals surface area contributed by atoms with Gasteiger partial charge in [-0.15, -0.1) is 6.42 Å². The lowest BCUT2D eigenvalue weighted by molar-refractivity contribution is -0.183. The molecule has 0 aliphatic heterocycles. The maximum atomic E-state index is 12.6. The first kappa shape index (κ1) is 21.9. The SMILES string of the molecule is C#CCNC(=O)C12CC(NC(=O)Cn3nc(C(C)C)c(OCC(C)C)cc3=O)(C1)C2. The number of hydrogen-bond acceptors (Lipinski definition) is 5. The summed E-state index contributed by atoms with van der Waals surface area (Å²) < 4.78 is 6.92. The number of carbonyl (C=O) groups excluding carboxylic acids is 2. The second-order valence-electron chi connectivity index (χ2n) is 9.28. The molecule has 162 valence electrons. The molecule has 0 radical (unpaired) electrons. The molecule has 8 nitrogen and oxygen atoms in total. The average molecular weight is 415 g/mol. The molecule has 8 heteroatoms. The summed E-state index contributed by atoms with van der Waals surface area (Å²) in [6.45, 7) is 8.52. The minimum atomic E-state index is -0.403. The van der Waals surface area contributed by atoms with Gasteiger partial charge in [-0.05, 0) is 25.2 Å². The number of rotatable bonds is 9. The van der Waals surface area contributed by atoms with Gasteiger partial charge in [-0.25, -0.2) is 4.68 Å². The lowest BCUT2D eigenvalue weighted by atomic mass is 9.39. The van der Waals surface area contributed by atoms with E-state index in [1.165, 1.54) is 10.7 Å². The largest absolute Gasteiger partial charge is 0.491 e. The molecule has 30 heavy (non-hydrogen) atoms. The number of nitrogens with zero attached hydrogens (tertiary/aromatic N) is 2. The Hall–Kier alpha value is -2.82. The van der Waals surface area contributed by atoms with Crippen molar-refractivity contribution < 1.29 is 14.3 Å². The predicted molar refractivity (Wildman–Crippen MR) is 112 cm³/mol. The van der Waals surface area contributed by atoms with Gasteiger partial charge in [-0.1, -0.05) is 33.6 Å². The van der Waals surface area contributed by atoms with Crippen LogP contribution in [-0.2, 0) is 16.1 Å². The molecule has 0 spiro atoms. The van der Waals surface area contributed by atoms with Crippen molar-refractivity contribution in [2.75, 3.05) is 13.2 Å². The summed E-state index contributed by atoms with van der Waals surface area (Å²) in [4.78, 5) is 37.2. The quantitative estimate of drug-likeness (QED) is 0.591. The van der Waals surface area contributed by atoms with E-state index in [1.54, 1.807) is 0 Å². The molecule has 1 heterocycles. The van der Waals surface area contributed by atoms with Gasteiger partial charge in [0, 0.05) is 17.5 Å². The molecule has 1 aromatic rings. The molecule has 0 atom stereocenters. The van der Waals surface area contributed by atoms with Crippen LogP contribution in [0, 0.1) is 23.7 Å². The van der Waals surface area contributed by atoms with Crippen molar-refractivity contribution >= 4 is 11.8 Å². The topological polar surface area (TPSA) is 102 Å². The third-order valence-electron chi connectivity index (χ3n) is 5.67. The van der Waals surface area contributed by atoms with Gasteiger partial charge in [-0.2, -0.15) is 5.10 Å². The van der Waals surface area contributed by atoms with Gasteiger partial charge in [0.25, 0.3) is 5.56 Å². The number of aromatic nitrogens is 2. The second-order valence-corrected chi connectivity index (χ2v) is 9.28. The number of nitrogens with one attached hydrogen (secondary N) is 2. The Morgan fingerprint density at radius 3 is 2.53 bits per heavy atom. The van der Waals surface area contributed by atoms with Crippen LogP contribution in [0.15, 0.2) is 10.9 Å². The highest BCUT2D eigenvalue weighted by atomic mass is 16.5. The first-order valence-corrected chi connectivity index (χ1v) is 10.4. The Labute approximate surface area is 176 Å². The second kappa shape index (κ2) is 8.13. The Bertz CT molecular complexity index is 922. The van der Waals surface area contributed by atoms with Crippen LogP contribution >= 0.6 is 0 Å². The normalized spacial score (nSPS) is 23.9. The Balaban J connectivity index is 1.61. The van der Waals surface area contributed by atoms with Crippen molar-refractivity contribution in [2.45, 2.75) is 65.0 Å². The van der Waals surface area contributed by atoms with Gasteiger partial charge in [0.05, 0.1) is 18.6 Å². The van der Waals surface area contributed by atoms with E-state index in [9.17, 15) is 14.4 Å². The number of terminal acetylenes is 1. The maximum absolute atomic E-state index is 12.6. The van der Waals surface area contributed by atoms with Crippen molar-refractivity contribution in [1.29, 1.82) is 0 Å². The molecule has 0 unspecified atom stereocenters. The lowest BCUT2D eigenvalue weighted by Crippen LogP contribution is -2.78. The van der Waals surface area contributed by atoms with Gasteiger partial charge >= 0.3 is 0 Å². The highest BCUT2D eigenvalue weighted by molar-refractivity contribution is 5.88. The zero-order valence-corrected chi connectivity index (χ0v) is 18.1. The zero-order valence-electron chi connectivity index (χ0n) is 18.1. The molecule has 2 N–H and O–H groups in total. The summed E-state index contributed by atoms with van der Waals surface area (Å²) in [5.74, 6) is 2.89. The van der Waals surface area contributed by atoms with Crippen molar-refractivity contribution in [1.82, 2.24) is 20.4 Å². The molecule has 4 rings (SSSR count). The molecular formula is C22H30N4O4. The summed E-state index contributed by atoms with van der Waals surface area (Å²) >= 11 is 0. The molecule has 0 aromatic carbocycles. The number of hydrogen-bond donors (Lipinski definition) is 2. The first-order chi connectivity index (χ1) is 14.1. The summed E-state index contributed by atoms with van der Waals surface area (Å²) in [6, 6.07) is 1.41. The zero-order chi connectivity index (χ0) is 22.1. The number of amides is 2. The highest BCUT2D eigenvalue weighted by Gasteiger charge is 2.72. The number of carbonyl (C=O) groups is 2. The third-order valence-corrected chi connectivity index (χ3v) is 5.67. The van der Waals surface area contributed by atoms with Crippen LogP contribution in [0.4, 0.5) is 0 Å². The van der Waals surface area contributed by atoms with Gasteiger partial charge in [0.2, 0.25) is 11.8 Å². The summed E-state index contributed by atoms with van der Waals surface area (Å²) in [5.41, 5.74) is -0.483. The van der Waals surface area contributed by atoms with Crippen LogP contribution in [0.2, 0.25) is 0 Å². The Kier molecular flexibility index (Phi) is 5.93. The molecular weight excluding hydrogens is 384 g/mol. The highest BCUT2D eigenvalue weighted by Crippen LogP contribution is 2.67. The van der Waals surface area contributed by atoms with Crippen LogP contribution in [0.25, 0.3) is 0 Å². The fourth-order valence-corrected chi connectivity index (χ4v) is 4.33. The fraction of sp³-hybridized carbons (Fsp3) is 0.636. The lowest BCUT2D eigenvalue weighted by Gasteiger charge is -2.69. The smallest absolute Gasteiger partial charge is 0.270 e. The molecule has 2 bridgehead atoms. The predicted octanol–water partition coefficient (Wildman–Crippen LogP) is 1.19. The van der Waals surface area contributed by atoms with Crippen LogP contribution in [-0.4, -0.2) is 40.3 Å². The van der Waals surface area contributed by atoms with E-state index in [1.807, 2.05) is 27.7 Å². The summed E-state index contributed by atoms with van der Waals surface area (Å²) in [6.07, 6.45) is 6.98. The molecule has 3 aliphatic carbocycles.